The molecule has 2 aliphatic heterocycles. The number of imide groups is 1. The Kier molecular flexibility index (Phi) is 6.70. The molecule has 4 rings (SSSR count). The molecule has 0 spiro atoms. The third-order valence-corrected chi connectivity index (χ3v) is 6.35. The molecule has 0 aromatic heterocycles. The molecule has 32 heavy (non-hydrogen) atoms. The topological polar surface area (TPSA) is 69.7 Å². The average molecular weight is 434 g/mol. The van der Waals surface area contributed by atoms with Gasteiger partial charge in [-0.3, -0.25) is 24.2 Å². The number of carbonyl (C=O) groups is 3. The summed E-state index contributed by atoms with van der Waals surface area (Å²) in [5, 5.41) is 2.89. The molecule has 1 N–H and O–H groups in total. The molecule has 0 aliphatic carbocycles. The van der Waals surface area contributed by atoms with Gasteiger partial charge in [0.25, 0.3) is 11.8 Å². The van der Waals surface area contributed by atoms with E-state index in [4.69, 9.17) is 0 Å². The average Bonchev–Trinajstić information content (AvgIpc) is 3.01. The minimum Gasteiger partial charge on any atom is -0.352 e. The van der Waals surface area contributed by atoms with Crippen LogP contribution in [0.15, 0.2) is 42.5 Å². The van der Waals surface area contributed by atoms with Gasteiger partial charge in [-0.25, -0.2) is 0 Å². The third-order valence-electron chi connectivity index (χ3n) is 6.35. The molecule has 6 nitrogen and oxygen atoms in total. The van der Waals surface area contributed by atoms with Crippen LogP contribution in [0.25, 0.3) is 0 Å². The zero-order valence-electron chi connectivity index (χ0n) is 18.9. The fraction of sp³-hybridized carbons (Fsp3) is 0.423. The van der Waals surface area contributed by atoms with E-state index in [2.05, 4.69) is 41.4 Å². The van der Waals surface area contributed by atoms with E-state index in [-0.39, 0.29) is 30.7 Å². The molecule has 1 unspecified atom stereocenters. The predicted octanol–water partition coefficient (Wildman–Crippen LogP) is 3.53. The van der Waals surface area contributed by atoms with Crippen molar-refractivity contribution in [3.8, 4) is 0 Å². The number of hydrogen-bond acceptors (Lipinski definition) is 4. The summed E-state index contributed by atoms with van der Waals surface area (Å²) < 4.78 is 0. The van der Waals surface area contributed by atoms with Crippen molar-refractivity contribution in [1.29, 1.82) is 0 Å². The number of nitrogens with zero attached hydrogens (tertiary/aromatic N) is 2. The van der Waals surface area contributed by atoms with Gasteiger partial charge in [0, 0.05) is 32.6 Å². The van der Waals surface area contributed by atoms with Gasteiger partial charge in [-0.05, 0) is 55.5 Å². The van der Waals surface area contributed by atoms with Gasteiger partial charge < -0.3 is 5.32 Å². The summed E-state index contributed by atoms with van der Waals surface area (Å²) in [5.41, 5.74) is 4.09. The number of nitrogens with one attached hydrogen (secondary N) is 1. The molecule has 1 saturated heterocycles. The summed E-state index contributed by atoms with van der Waals surface area (Å²) in [4.78, 5) is 41.0. The predicted molar refractivity (Wildman–Crippen MR) is 123 cm³/mol. The molecular formula is C26H31N3O3. The molecule has 2 aromatic rings. The van der Waals surface area contributed by atoms with Crippen LogP contribution in [0.1, 0.15) is 63.6 Å². The SMILES string of the molecule is Cc1ccc2c(c1)C(=O)N(CCC(=O)NCc1ccc(CN3CCCC(C)C3)cc1)C2=O. The normalized spacial score (nSPS) is 18.7. The molecule has 0 saturated carbocycles. The minimum absolute atomic E-state index is 0.0877. The van der Waals surface area contributed by atoms with Gasteiger partial charge in [0.15, 0.2) is 0 Å². The van der Waals surface area contributed by atoms with Crippen LogP contribution >= 0.6 is 0 Å². The Morgan fingerprint density at radius 1 is 1.03 bits per heavy atom. The van der Waals surface area contributed by atoms with Crippen LogP contribution in [0.5, 0.6) is 0 Å². The maximum Gasteiger partial charge on any atom is 0.261 e. The summed E-state index contributed by atoms with van der Waals surface area (Å²) in [6.45, 7) is 8.00. The standard InChI is InChI=1S/C26H31N3O3/c1-18-5-10-22-23(14-18)26(32)29(25(22)31)13-11-24(30)27-15-20-6-8-21(9-7-20)17-28-12-3-4-19(2)16-28/h5-10,14,19H,3-4,11-13,15-17H2,1-2H3,(H,27,30). The van der Waals surface area contributed by atoms with Crippen molar-refractivity contribution in [3.63, 3.8) is 0 Å². The highest BCUT2D eigenvalue weighted by atomic mass is 16.2. The first-order valence-corrected chi connectivity index (χ1v) is 11.4. The first-order valence-electron chi connectivity index (χ1n) is 11.4. The second-order valence-electron chi connectivity index (χ2n) is 9.14. The van der Waals surface area contributed by atoms with E-state index >= 15 is 0 Å². The van der Waals surface area contributed by atoms with E-state index < -0.39 is 0 Å². The minimum atomic E-state index is -0.323. The van der Waals surface area contributed by atoms with Crippen molar-refractivity contribution in [2.75, 3.05) is 19.6 Å². The summed E-state index contributed by atoms with van der Waals surface area (Å²) >= 11 is 0. The number of amides is 3. The van der Waals surface area contributed by atoms with Crippen molar-refractivity contribution in [1.82, 2.24) is 15.1 Å². The summed E-state index contributed by atoms with van der Waals surface area (Å²) in [6, 6.07) is 13.6. The number of aryl methyl sites for hydroxylation is 1. The fourth-order valence-corrected chi connectivity index (χ4v) is 4.56. The lowest BCUT2D eigenvalue weighted by molar-refractivity contribution is -0.121. The number of rotatable bonds is 7. The van der Waals surface area contributed by atoms with Gasteiger partial charge in [0.2, 0.25) is 5.91 Å². The van der Waals surface area contributed by atoms with Gasteiger partial charge in [-0.2, -0.15) is 0 Å². The molecule has 0 bridgehead atoms. The molecule has 168 valence electrons. The van der Waals surface area contributed by atoms with E-state index in [9.17, 15) is 14.4 Å². The Balaban J connectivity index is 1.23. The van der Waals surface area contributed by atoms with Crippen LogP contribution in [0.3, 0.4) is 0 Å². The molecular weight excluding hydrogens is 402 g/mol. The van der Waals surface area contributed by atoms with E-state index in [0.717, 1.165) is 36.7 Å². The smallest absolute Gasteiger partial charge is 0.261 e. The summed E-state index contributed by atoms with van der Waals surface area (Å²) in [5.74, 6) is -0.0524. The fourth-order valence-electron chi connectivity index (χ4n) is 4.56. The zero-order chi connectivity index (χ0) is 22.7. The van der Waals surface area contributed by atoms with Gasteiger partial charge in [-0.15, -0.1) is 0 Å². The van der Waals surface area contributed by atoms with Gasteiger partial charge in [0.05, 0.1) is 11.1 Å². The Morgan fingerprint density at radius 2 is 1.75 bits per heavy atom. The second kappa shape index (κ2) is 9.65. The highest BCUT2D eigenvalue weighted by Gasteiger charge is 2.35. The van der Waals surface area contributed by atoms with Gasteiger partial charge in [0.1, 0.15) is 0 Å². The molecule has 0 radical (unpaired) electrons. The molecule has 2 aliphatic rings. The maximum atomic E-state index is 12.5. The van der Waals surface area contributed by atoms with E-state index in [1.165, 1.54) is 23.3 Å². The Labute approximate surface area is 189 Å². The zero-order valence-corrected chi connectivity index (χ0v) is 18.9. The van der Waals surface area contributed by atoms with Crippen molar-refractivity contribution >= 4 is 17.7 Å². The van der Waals surface area contributed by atoms with Crippen LogP contribution in [0, 0.1) is 12.8 Å². The van der Waals surface area contributed by atoms with Crippen molar-refractivity contribution in [2.45, 2.75) is 46.2 Å². The second-order valence-corrected chi connectivity index (χ2v) is 9.14. The van der Waals surface area contributed by atoms with Crippen LogP contribution in [-0.2, 0) is 17.9 Å². The highest BCUT2D eigenvalue weighted by Crippen LogP contribution is 2.24. The van der Waals surface area contributed by atoms with Gasteiger partial charge >= 0.3 is 0 Å². The highest BCUT2D eigenvalue weighted by molar-refractivity contribution is 6.21. The van der Waals surface area contributed by atoms with Crippen LogP contribution in [0.4, 0.5) is 0 Å². The first kappa shape index (κ1) is 22.2. The lowest BCUT2D eigenvalue weighted by Crippen LogP contribution is -2.34. The largest absolute Gasteiger partial charge is 0.352 e. The number of carbonyl (C=O) groups excluding carboxylic acids is 3. The molecule has 1 atom stereocenters. The summed E-state index contributed by atoms with van der Waals surface area (Å²) in [6.07, 6.45) is 2.68. The van der Waals surface area contributed by atoms with Crippen molar-refractivity contribution in [2.24, 2.45) is 5.92 Å². The van der Waals surface area contributed by atoms with Crippen LogP contribution in [-0.4, -0.2) is 47.2 Å². The molecule has 2 heterocycles. The molecule has 2 aromatic carbocycles. The third kappa shape index (κ3) is 5.07. The number of hydrogen-bond donors (Lipinski definition) is 1. The number of piperidine rings is 1. The Bertz CT molecular complexity index is 1020. The van der Waals surface area contributed by atoms with Gasteiger partial charge in [-0.1, -0.05) is 42.8 Å². The first-order chi connectivity index (χ1) is 15.4. The summed E-state index contributed by atoms with van der Waals surface area (Å²) in [7, 11) is 0. The van der Waals surface area contributed by atoms with Crippen molar-refractivity contribution in [3.05, 3.63) is 70.3 Å². The Hall–Kier alpha value is -2.99. The van der Waals surface area contributed by atoms with Crippen LogP contribution in [0.2, 0.25) is 0 Å². The number of fused-ring (bicyclic) bond motifs is 1. The number of benzene rings is 2. The monoisotopic (exact) mass is 433 g/mol. The number of likely N-dealkylation sites (tertiary alicyclic amines) is 1. The molecule has 3 amide bonds. The van der Waals surface area contributed by atoms with E-state index in [1.54, 1.807) is 12.1 Å². The van der Waals surface area contributed by atoms with E-state index in [0.29, 0.717) is 17.7 Å². The quantitative estimate of drug-likeness (QED) is 0.679. The lowest BCUT2D eigenvalue weighted by Gasteiger charge is -2.30. The lowest BCUT2D eigenvalue weighted by atomic mass is 9.99. The Morgan fingerprint density at radius 3 is 2.50 bits per heavy atom. The molecule has 6 heteroatoms. The van der Waals surface area contributed by atoms with Crippen molar-refractivity contribution < 1.29 is 14.4 Å². The molecule has 1 fully saturated rings. The van der Waals surface area contributed by atoms with Crippen LogP contribution < -0.4 is 5.32 Å². The maximum absolute atomic E-state index is 12.5. The van der Waals surface area contributed by atoms with E-state index in [1.807, 2.05) is 13.0 Å².